The van der Waals surface area contributed by atoms with Crippen LogP contribution < -0.4 is 14.8 Å². The Bertz CT molecular complexity index is 731. The van der Waals surface area contributed by atoms with Crippen molar-refractivity contribution in [3.05, 3.63) is 24.3 Å². The zero-order valence-electron chi connectivity index (χ0n) is 16.2. The minimum absolute atomic E-state index is 0.0570. The second-order valence-electron chi connectivity index (χ2n) is 6.59. The van der Waals surface area contributed by atoms with E-state index in [4.69, 9.17) is 9.47 Å². The van der Waals surface area contributed by atoms with E-state index in [-0.39, 0.29) is 11.7 Å². The van der Waals surface area contributed by atoms with Gasteiger partial charge in [0, 0.05) is 0 Å². The Morgan fingerprint density at radius 2 is 1.89 bits per heavy atom. The van der Waals surface area contributed by atoms with Crippen LogP contribution in [0.5, 0.6) is 11.5 Å². The van der Waals surface area contributed by atoms with Crippen molar-refractivity contribution in [3.8, 4) is 11.5 Å². The average Bonchev–Trinajstić information content (AvgIpc) is 3.20. The number of hydrogen-bond donors (Lipinski definition) is 1. The Hall–Kier alpha value is -2.29. The lowest BCUT2D eigenvalue weighted by molar-refractivity contribution is -0.118. The Kier molecular flexibility index (Phi) is 7.95. The molecule has 0 spiro atoms. The van der Waals surface area contributed by atoms with E-state index < -0.39 is 0 Å². The number of ether oxygens (including phenoxy) is 2. The van der Waals surface area contributed by atoms with E-state index in [0.29, 0.717) is 31.0 Å². The second kappa shape index (κ2) is 10.9. The number of thioether (sulfide) groups is 1. The molecule has 1 aromatic heterocycles. The Morgan fingerprint density at radius 3 is 2.61 bits per heavy atom. The molecule has 1 amide bonds. The van der Waals surface area contributed by atoms with Crippen LogP contribution in [0.25, 0.3) is 0 Å². The third kappa shape index (κ3) is 6.12. The van der Waals surface area contributed by atoms with Gasteiger partial charge in [0.05, 0.1) is 24.9 Å². The number of hydrogen-bond acceptors (Lipinski definition) is 7. The normalized spacial score (nSPS) is 14.6. The van der Waals surface area contributed by atoms with Gasteiger partial charge < -0.3 is 14.8 Å². The summed E-state index contributed by atoms with van der Waals surface area (Å²) < 4.78 is 12.9. The van der Waals surface area contributed by atoms with Gasteiger partial charge in [-0.25, -0.2) is 4.68 Å². The van der Waals surface area contributed by atoms with Crippen LogP contribution in [0.3, 0.4) is 0 Å². The molecular formula is C19H27N5O3S. The number of benzene rings is 1. The number of rotatable bonds is 10. The van der Waals surface area contributed by atoms with Crippen LogP contribution in [-0.4, -0.2) is 51.6 Å². The van der Waals surface area contributed by atoms with Crippen molar-refractivity contribution in [1.82, 2.24) is 25.5 Å². The number of nitrogens with zero attached hydrogens (tertiary/aromatic N) is 4. The molecule has 2 aromatic rings. The van der Waals surface area contributed by atoms with Gasteiger partial charge in [-0.3, -0.25) is 4.79 Å². The van der Waals surface area contributed by atoms with Crippen LogP contribution in [0, 0.1) is 0 Å². The van der Waals surface area contributed by atoms with Gasteiger partial charge in [0.25, 0.3) is 0 Å². The first-order chi connectivity index (χ1) is 13.8. The summed E-state index contributed by atoms with van der Waals surface area (Å²) in [6.07, 6.45) is 5.91. The van der Waals surface area contributed by atoms with E-state index in [1.54, 1.807) is 0 Å². The highest BCUT2D eigenvalue weighted by atomic mass is 32.2. The minimum Gasteiger partial charge on any atom is -0.494 e. The van der Waals surface area contributed by atoms with E-state index in [9.17, 15) is 4.79 Å². The molecule has 1 N–H and O–H groups in total. The number of carbonyl (C=O) groups is 1. The molecule has 1 saturated carbocycles. The Balaban J connectivity index is 1.34. The summed E-state index contributed by atoms with van der Waals surface area (Å²) in [5, 5.41) is 15.5. The van der Waals surface area contributed by atoms with Gasteiger partial charge in [-0.2, -0.15) is 0 Å². The predicted molar refractivity (Wildman–Crippen MR) is 107 cm³/mol. The lowest BCUT2D eigenvalue weighted by Gasteiger charge is -2.21. The molecule has 0 unspecified atom stereocenters. The summed E-state index contributed by atoms with van der Waals surface area (Å²) in [6.45, 7) is 3.43. The maximum Gasteiger partial charge on any atom is 0.230 e. The molecule has 28 heavy (non-hydrogen) atoms. The van der Waals surface area contributed by atoms with Crippen LogP contribution >= 0.6 is 11.8 Å². The van der Waals surface area contributed by atoms with E-state index in [0.717, 1.165) is 24.3 Å². The molecule has 152 valence electrons. The van der Waals surface area contributed by atoms with Gasteiger partial charge in [-0.1, -0.05) is 31.0 Å². The molecule has 0 bridgehead atoms. The van der Waals surface area contributed by atoms with Crippen molar-refractivity contribution in [2.45, 2.75) is 50.2 Å². The van der Waals surface area contributed by atoms with Crippen molar-refractivity contribution >= 4 is 17.7 Å². The van der Waals surface area contributed by atoms with Crippen LogP contribution in [-0.2, 0) is 4.79 Å². The fourth-order valence-electron chi connectivity index (χ4n) is 3.17. The molecule has 1 aliphatic carbocycles. The Morgan fingerprint density at radius 1 is 1.18 bits per heavy atom. The fourth-order valence-corrected chi connectivity index (χ4v) is 3.95. The zero-order chi connectivity index (χ0) is 19.6. The van der Waals surface area contributed by atoms with Crippen LogP contribution in [0.15, 0.2) is 29.4 Å². The standard InChI is InChI=1S/C19H27N5O3S/c1-2-26-16-8-10-17(11-9-16)27-13-12-20-18(25)14-28-19-21-22-23-24(19)15-6-4-3-5-7-15/h8-11,15H,2-7,12-14H2,1H3,(H,20,25). The molecular weight excluding hydrogens is 378 g/mol. The Labute approximate surface area is 169 Å². The molecule has 8 nitrogen and oxygen atoms in total. The monoisotopic (exact) mass is 405 g/mol. The quantitative estimate of drug-likeness (QED) is 0.480. The summed E-state index contributed by atoms with van der Waals surface area (Å²) in [7, 11) is 0. The van der Waals surface area contributed by atoms with Gasteiger partial charge in [0.2, 0.25) is 11.1 Å². The molecule has 0 saturated heterocycles. The topological polar surface area (TPSA) is 91.2 Å². The molecule has 1 fully saturated rings. The van der Waals surface area contributed by atoms with Crippen molar-refractivity contribution in [2.75, 3.05) is 25.5 Å². The largest absolute Gasteiger partial charge is 0.494 e. The lowest BCUT2D eigenvalue weighted by atomic mass is 9.96. The highest BCUT2D eigenvalue weighted by Gasteiger charge is 2.20. The molecule has 3 rings (SSSR count). The van der Waals surface area contributed by atoms with Crippen molar-refractivity contribution in [1.29, 1.82) is 0 Å². The van der Waals surface area contributed by atoms with Gasteiger partial charge in [0.15, 0.2) is 0 Å². The molecule has 1 aliphatic rings. The lowest BCUT2D eigenvalue weighted by Crippen LogP contribution is -2.29. The summed E-state index contributed by atoms with van der Waals surface area (Å²) in [6, 6.07) is 7.80. The summed E-state index contributed by atoms with van der Waals surface area (Å²) in [5.74, 6) is 1.80. The zero-order valence-corrected chi connectivity index (χ0v) is 17.0. The maximum absolute atomic E-state index is 12.1. The highest BCUT2D eigenvalue weighted by molar-refractivity contribution is 7.99. The van der Waals surface area contributed by atoms with E-state index in [2.05, 4.69) is 20.8 Å². The summed E-state index contributed by atoms with van der Waals surface area (Å²) in [5.41, 5.74) is 0. The maximum atomic E-state index is 12.1. The van der Waals surface area contributed by atoms with E-state index in [1.165, 1.54) is 31.0 Å². The first kappa shape index (κ1) is 20.4. The highest BCUT2D eigenvalue weighted by Crippen LogP contribution is 2.30. The molecule has 9 heteroatoms. The molecule has 0 radical (unpaired) electrons. The van der Waals surface area contributed by atoms with E-state index >= 15 is 0 Å². The van der Waals surface area contributed by atoms with Gasteiger partial charge in [0.1, 0.15) is 18.1 Å². The smallest absolute Gasteiger partial charge is 0.230 e. The molecule has 0 aliphatic heterocycles. The minimum atomic E-state index is -0.0570. The van der Waals surface area contributed by atoms with Crippen molar-refractivity contribution < 1.29 is 14.3 Å². The first-order valence-corrected chi connectivity index (χ1v) is 10.8. The van der Waals surface area contributed by atoms with Gasteiger partial charge in [-0.05, 0) is 54.5 Å². The van der Waals surface area contributed by atoms with Crippen LogP contribution in [0.1, 0.15) is 45.1 Å². The first-order valence-electron chi connectivity index (χ1n) is 9.79. The summed E-state index contributed by atoms with van der Waals surface area (Å²) in [4.78, 5) is 12.1. The third-order valence-corrected chi connectivity index (χ3v) is 5.48. The SMILES string of the molecule is CCOc1ccc(OCCNC(=O)CSc2nnnn2C2CCCCC2)cc1. The van der Waals surface area contributed by atoms with E-state index in [1.807, 2.05) is 35.9 Å². The predicted octanol–water partition coefficient (Wildman–Crippen LogP) is 2.86. The number of aromatic nitrogens is 4. The molecule has 0 atom stereocenters. The third-order valence-electron chi connectivity index (χ3n) is 4.54. The fraction of sp³-hybridized carbons (Fsp3) is 0.579. The number of amides is 1. The van der Waals surface area contributed by atoms with Crippen LogP contribution in [0.4, 0.5) is 0 Å². The van der Waals surface area contributed by atoms with Gasteiger partial charge in [-0.15, -0.1) is 5.10 Å². The molecule has 1 heterocycles. The number of carbonyl (C=O) groups excluding carboxylic acids is 1. The van der Waals surface area contributed by atoms with Crippen molar-refractivity contribution in [2.24, 2.45) is 0 Å². The average molecular weight is 406 g/mol. The van der Waals surface area contributed by atoms with Gasteiger partial charge >= 0.3 is 0 Å². The summed E-state index contributed by atoms with van der Waals surface area (Å²) >= 11 is 1.38. The van der Waals surface area contributed by atoms with Crippen molar-refractivity contribution in [3.63, 3.8) is 0 Å². The molecule has 1 aromatic carbocycles. The van der Waals surface area contributed by atoms with Crippen LogP contribution in [0.2, 0.25) is 0 Å². The number of tetrazole rings is 1. The second-order valence-corrected chi connectivity index (χ2v) is 7.53. The number of nitrogens with one attached hydrogen (secondary N) is 1.